The Kier molecular flexibility index (Phi) is 6.42. The molecule has 1 saturated heterocycles. The average Bonchev–Trinajstić information content (AvgIpc) is 2.60. The minimum absolute atomic E-state index is 0.133. The van der Waals surface area contributed by atoms with Crippen molar-refractivity contribution >= 4 is 12.1 Å². The van der Waals surface area contributed by atoms with Gasteiger partial charge in [0, 0.05) is 18.5 Å². The summed E-state index contributed by atoms with van der Waals surface area (Å²) in [4.78, 5) is 26.6. The van der Waals surface area contributed by atoms with Crippen LogP contribution in [0.3, 0.4) is 0 Å². The Morgan fingerprint density at radius 3 is 2.60 bits per heavy atom. The van der Waals surface area contributed by atoms with E-state index in [1.165, 1.54) is 4.90 Å². The van der Waals surface area contributed by atoms with Gasteiger partial charge in [0.15, 0.2) is 0 Å². The fourth-order valence-corrected chi connectivity index (χ4v) is 3.74. The number of ether oxygens (including phenoxy) is 1. The second kappa shape index (κ2) is 8.34. The summed E-state index contributed by atoms with van der Waals surface area (Å²) in [7, 11) is 0. The molecule has 2 atom stereocenters. The van der Waals surface area contributed by atoms with Crippen LogP contribution in [0.4, 0.5) is 4.79 Å². The molecule has 0 radical (unpaired) electrons. The third-order valence-corrected chi connectivity index (χ3v) is 4.96. The number of amides is 1. The van der Waals surface area contributed by atoms with Crippen LogP contribution in [0.5, 0.6) is 0 Å². The van der Waals surface area contributed by atoms with Gasteiger partial charge in [0.25, 0.3) is 0 Å². The van der Waals surface area contributed by atoms with Crippen molar-refractivity contribution in [2.75, 3.05) is 13.1 Å². The highest BCUT2D eigenvalue weighted by Crippen LogP contribution is 2.36. The smallest absolute Gasteiger partial charge is 0.411 e. The van der Waals surface area contributed by atoms with E-state index in [1.807, 2.05) is 51.1 Å². The van der Waals surface area contributed by atoms with E-state index in [2.05, 4.69) is 5.32 Å². The molecule has 6 heteroatoms. The van der Waals surface area contributed by atoms with Crippen molar-refractivity contribution in [3.05, 3.63) is 35.9 Å². The van der Waals surface area contributed by atoms with Gasteiger partial charge < -0.3 is 15.2 Å². The molecule has 1 aliphatic heterocycles. The van der Waals surface area contributed by atoms with Gasteiger partial charge in [0.1, 0.15) is 12.1 Å². The van der Waals surface area contributed by atoms with Crippen molar-refractivity contribution in [3.8, 4) is 0 Å². The molecule has 0 aliphatic carbocycles. The molecule has 1 heterocycles. The summed E-state index contributed by atoms with van der Waals surface area (Å²) in [6.45, 7) is 6.92. The van der Waals surface area contributed by atoms with Crippen molar-refractivity contribution in [1.29, 1.82) is 0 Å². The van der Waals surface area contributed by atoms with Crippen LogP contribution in [0.2, 0.25) is 0 Å². The first-order valence-electron chi connectivity index (χ1n) is 8.87. The third-order valence-electron chi connectivity index (χ3n) is 4.96. The maximum atomic E-state index is 12.8. The van der Waals surface area contributed by atoms with Gasteiger partial charge in [-0.2, -0.15) is 0 Å². The van der Waals surface area contributed by atoms with Crippen molar-refractivity contribution < 1.29 is 19.4 Å². The van der Waals surface area contributed by atoms with Crippen LogP contribution in [0.25, 0.3) is 0 Å². The van der Waals surface area contributed by atoms with Gasteiger partial charge in [-0.3, -0.25) is 4.90 Å². The largest absolute Gasteiger partial charge is 0.479 e. The number of benzene rings is 1. The van der Waals surface area contributed by atoms with Crippen LogP contribution in [0.1, 0.15) is 39.2 Å². The predicted octanol–water partition coefficient (Wildman–Crippen LogP) is 2.88. The maximum Gasteiger partial charge on any atom is 0.411 e. The molecule has 0 saturated carbocycles. The quantitative estimate of drug-likeness (QED) is 0.826. The van der Waals surface area contributed by atoms with Crippen LogP contribution < -0.4 is 5.32 Å². The van der Waals surface area contributed by atoms with Crippen LogP contribution in [0, 0.1) is 5.92 Å². The number of carbonyl (C=O) groups is 2. The van der Waals surface area contributed by atoms with Gasteiger partial charge in [-0.05, 0) is 38.8 Å². The predicted molar refractivity (Wildman–Crippen MR) is 95.2 cm³/mol. The SMILES string of the molecule is CCC1CNCCC1(C(=O)O)N(C(=O)OCc1ccccc1)C(C)C. The summed E-state index contributed by atoms with van der Waals surface area (Å²) in [5, 5.41) is 13.3. The first-order chi connectivity index (χ1) is 11.9. The standard InChI is InChI=1S/C19H28N2O4/c1-4-16-12-20-11-10-19(16,17(22)23)21(14(2)3)18(24)25-13-15-8-6-5-7-9-15/h5-9,14,16,20H,4,10-13H2,1-3H3,(H,22,23). The fraction of sp³-hybridized carbons (Fsp3) is 0.579. The van der Waals surface area contributed by atoms with Crippen LogP contribution in [0.15, 0.2) is 30.3 Å². The zero-order valence-electron chi connectivity index (χ0n) is 15.2. The number of nitrogens with zero attached hydrogens (tertiary/aromatic N) is 1. The Hall–Kier alpha value is -2.08. The molecule has 1 aromatic carbocycles. The molecule has 1 aromatic rings. The monoisotopic (exact) mass is 348 g/mol. The number of hydrogen-bond donors (Lipinski definition) is 2. The van der Waals surface area contributed by atoms with E-state index in [9.17, 15) is 14.7 Å². The number of carboxylic acid groups (broad SMARTS) is 1. The molecule has 2 rings (SSSR count). The summed E-state index contributed by atoms with van der Waals surface area (Å²) in [6.07, 6.45) is 0.482. The third kappa shape index (κ3) is 3.95. The lowest BCUT2D eigenvalue weighted by Gasteiger charge is -2.49. The van der Waals surface area contributed by atoms with Crippen molar-refractivity contribution in [2.24, 2.45) is 5.92 Å². The van der Waals surface area contributed by atoms with E-state index in [-0.39, 0.29) is 18.6 Å². The second-order valence-corrected chi connectivity index (χ2v) is 6.79. The molecular weight excluding hydrogens is 320 g/mol. The maximum absolute atomic E-state index is 12.8. The molecule has 2 N–H and O–H groups in total. The number of hydrogen-bond acceptors (Lipinski definition) is 4. The van der Waals surface area contributed by atoms with Gasteiger partial charge in [-0.1, -0.05) is 37.3 Å². The number of carbonyl (C=O) groups excluding carboxylic acids is 1. The summed E-state index contributed by atoms with van der Waals surface area (Å²) in [5.74, 6) is -1.11. The number of piperidine rings is 1. The molecule has 6 nitrogen and oxygen atoms in total. The van der Waals surface area contributed by atoms with Gasteiger partial charge in [0.05, 0.1) is 0 Å². The normalized spacial score (nSPS) is 23.3. The van der Waals surface area contributed by atoms with Gasteiger partial charge in [-0.25, -0.2) is 9.59 Å². The Labute approximate surface area is 149 Å². The second-order valence-electron chi connectivity index (χ2n) is 6.79. The first kappa shape index (κ1) is 19.2. The van der Waals surface area contributed by atoms with Crippen LogP contribution in [-0.2, 0) is 16.1 Å². The minimum Gasteiger partial charge on any atom is -0.479 e. The summed E-state index contributed by atoms with van der Waals surface area (Å²) >= 11 is 0. The number of nitrogens with one attached hydrogen (secondary N) is 1. The lowest BCUT2D eigenvalue weighted by Crippen LogP contribution is -2.68. The van der Waals surface area contributed by atoms with Crippen molar-refractivity contribution in [2.45, 2.75) is 51.8 Å². The summed E-state index contributed by atoms with van der Waals surface area (Å²) in [6, 6.07) is 9.13. The summed E-state index contributed by atoms with van der Waals surface area (Å²) in [5.41, 5.74) is -0.358. The van der Waals surface area contributed by atoms with Gasteiger partial charge in [0.2, 0.25) is 0 Å². The highest BCUT2D eigenvalue weighted by Gasteiger charge is 2.54. The van der Waals surface area contributed by atoms with E-state index in [0.717, 1.165) is 5.56 Å². The van der Waals surface area contributed by atoms with Crippen LogP contribution >= 0.6 is 0 Å². The molecule has 0 aromatic heterocycles. The lowest BCUT2D eigenvalue weighted by molar-refractivity contribution is -0.159. The highest BCUT2D eigenvalue weighted by atomic mass is 16.6. The Morgan fingerprint density at radius 1 is 1.36 bits per heavy atom. The summed E-state index contributed by atoms with van der Waals surface area (Å²) < 4.78 is 5.48. The number of aliphatic carboxylic acids is 1. The molecular formula is C19H28N2O4. The van der Waals surface area contributed by atoms with Gasteiger partial charge in [-0.15, -0.1) is 0 Å². The van der Waals surface area contributed by atoms with E-state index in [1.54, 1.807) is 0 Å². The number of rotatable bonds is 6. The topological polar surface area (TPSA) is 78.9 Å². The minimum atomic E-state index is -1.23. The molecule has 1 amide bonds. The first-order valence-corrected chi connectivity index (χ1v) is 8.87. The fourth-order valence-electron chi connectivity index (χ4n) is 3.74. The zero-order chi connectivity index (χ0) is 18.4. The van der Waals surface area contributed by atoms with Gasteiger partial charge >= 0.3 is 12.1 Å². The Morgan fingerprint density at radius 2 is 2.04 bits per heavy atom. The molecule has 25 heavy (non-hydrogen) atoms. The molecule has 2 unspecified atom stereocenters. The Bertz CT molecular complexity index is 590. The molecule has 1 fully saturated rings. The average molecular weight is 348 g/mol. The zero-order valence-corrected chi connectivity index (χ0v) is 15.2. The highest BCUT2D eigenvalue weighted by molar-refractivity contribution is 5.85. The van der Waals surface area contributed by atoms with E-state index < -0.39 is 17.6 Å². The number of carboxylic acids is 1. The molecule has 0 bridgehead atoms. The molecule has 138 valence electrons. The molecule has 1 aliphatic rings. The Balaban J connectivity index is 2.26. The van der Waals surface area contributed by atoms with Crippen molar-refractivity contribution in [1.82, 2.24) is 10.2 Å². The molecule has 0 spiro atoms. The van der Waals surface area contributed by atoms with E-state index in [0.29, 0.717) is 25.9 Å². The van der Waals surface area contributed by atoms with E-state index >= 15 is 0 Å². The lowest BCUT2D eigenvalue weighted by atomic mass is 9.75. The van der Waals surface area contributed by atoms with Crippen LogP contribution in [-0.4, -0.2) is 46.7 Å². The van der Waals surface area contributed by atoms with E-state index in [4.69, 9.17) is 4.74 Å². The van der Waals surface area contributed by atoms with Crippen molar-refractivity contribution in [3.63, 3.8) is 0 Å².